The van der Waals surface area contributed by atoms with Gasteiger partial charge in [-0.15, -0.1) is 0 Å². The molecule has 3 aliphatic heterocycles. The summed E-state index contributed by atoms with van der Waals surface area (Å²) < 4.78 is 60.1. The van der Waals surface area contributed by atoms with Crippen LogP contribution in [0.5, 0.6) is 0 Å². The summed E-state index contributed by atoms with van der Waals surface area (Å²) in [6.07, 6.45) is 7.22. The first-order valence-corrected chi connectivity index (χ1v) is 18.7. The predicted octanol–water partition coefficient (Wildman–Crippen LogP) is 2.34. The highest BCUT2D eigenvalue weighted by molar-refractivity contribution is 7.90. The Morgan fingerprint density at radius 1 is 1.14 bits per heavy atom. The number of carbonyl (C=O) groups is 4. The number of hydrogen-bond donors (Lipinski definition) is 0. The van der Waals surface area contributed by atoms with Gasteiger partial charge in [0.25, 0.3) is 0 Å². The van der Waals surface area contributed by atoms with Crippen LogP contribution in [0.3, 0.4) is 0 Å². The number of nitrogens with zero attached hydrogens (tertiary/aromatic N) is 4. The molecule has 274 valence electrons. The molecule has 17 heteroatoms. The minimum atomic E-state index is -3.49. The monoisotopic (exact) mass is 720 g/mol. The average molecular weight is 721 g/mol. The number of esters is 3. The van der Waals surface area contributed by atoms with Gasteiger partial charge in [0.1, 0.15) is 41.4 Å². The number of ether oxygens (including phenoxy) is 6. The molecule has 2 bridgehead atoms. The predicted molar refractivity (Wildman–Crippen MR) is 175 cm³/mol. The van der Waals surface area contributed by atoms with Crippen LogP contribution in [0.4, 0.5) is 0 Å². The Bertz CT molecular complexity index is 1620. The molecule has 0 aromatic rings. The van der Waals surface area contributed by atoms with Crippen LogP contribution in [-0.2, 0) is 57.4 Å². The maximum Gasteiger partial charge on any atom is 0.335 e. The van der Waals surface area contributed by atoms with E-state index in [0.717, 1.165) is 22.8 Å². The molecule has 0 N–H and O–H groups in total. The lowest BCUT2D eigenvalue weighted by Crippen LogP contribution is -2.67. The second-order valence-electron chi connectivity index (χ2n) is 13.9. The van der Waals surface area contributed by atoms with Crippen LogP contribution in [0.2, 0.25) is 0 Å². The Labute approximate surface area is 290 Å². The first kappa shape index (κ1) is 37.5. The van der Waals surface area contributed by atoms with Crippen molar-refractivity contribution < 1.29 is 56.0 Å². The molecule has 8 atom stereocenters. The minimum Gasteiger partial charge on any atom is -0.463 e. The van der Waals surface area contributed by atoms with E-state index in [1.807, 2.05) is 19.9 Å². The molecular formula is C33H44N4O12S. The topological polar surface area (TPSA) is 213 Å². The highest BCUT2D eigenvalue weighted by atomic mass is 32.2. The van der Waals surface area contributed by atoms with Crippen molar-refractivity contribution in [3.8, 4) is 0 Å². The van der Waals surface area contributed by atoms with Crippen LogP contribution < -0.4 is 0 Å². The number of hydrogen-bond acceptors (Lipinski definition) is 13. The Morgan fingerprint density at radius 3 is 2.54 bits per heavy atom. The van der Waals surface area contributed by atoms with Gasteiger partial charge in [-0.3, -0.25) is 4.79 Å². The van der Waals surface area contributed by atoms with Gasteiger partial charge in [-0.2, -0.15) is 0 Å². The van der Waals surface area contributed by atoms with Crippen molar-refractivity contribution in [2.45, 2.75) is 76.5 Å². The lowest BCUT2D eigenvalue weighted by Gasteiger charge is -2.58. The lowest BCUT2D eigenvalue weighted by molar-refractivity contribution is -0.235. The summed E-state index contributed by atoms with van der Waals surface area (Å²) in [6.45, 7) is 4.52. The van der Waals surface area contributed by atoms with Crippen molar-refractivity contribution in [1.29, 1.82) is 0 Å². The van der Waals surface area contributed by atoms with Gasteiger partial charge in [-0.05, 0) is 37.6 Å². The molecule has 0 aromatic carbocycles. The number of epoxide rings is 1. The van der Waals surface area contributed by atoms with Crippen molar-refractivity contribution in [3.05, 3.63) is 46.4 Å². The Hall–Kier alpha value is -3.76. The fourth-order valence-electron chi connectivity index (χ4n) is 7.77. The van der Waals surface area contributed by atoms with Gasteiger partial charge < -0.3 is 33.3 Å². The van der Waals surface area contributed by atoms with Gasteiger partial charge in [-0.1, -0.05) is 42.8 Å². The number of cyclic esters (lactones) is 2. The molecule has 1 amide bonds. The standard InChI is InChI=1S/C33H44N4O12S/c1-21-9-11-32-18-45-30(41)29(46-20-37(12-14-50(4,42)43)26(38)17-35-36-34)22(2)10-13-44-27(39)7-5-6-8-28(40)49-23-16-25(48-24(32)15-21)33(19-47-33)31(23,32)3/h5-8,15,22-25,29H,9-14,16-20H2,1-4H3/b7-5+,8-6-/t22-,23-,24-,25-,29+,31-,32-,33+/m1/s1. The van der Waals surface area contributed by atoms with Gasteiger partial charge in [0.2, 0.25) is 5.91 Å². The van der Waals surface area contributed by atoms with Crippen molar-refractivity contribution in [2.75, 3.05) is 51.6 Å². The third kappa shape index (κ3) is 7.47. The molecule has 3 fully saturated rings. The molecule has 1 saturated carbocycles. The molecule has 0 radical (unpaired) electrons. The van der Waals surface area contributed by atoms with E-state index in [2.05, 4.69) is 10.0 Å². The highest BCUT2D eigenvalue weighted by Crippen LogP contribution is 2.72. The van der Waals surface area contributed by atoms with E-state index in [1.165, 1.54) is 18.2 Å². The maximum atomic E-state index is 14.1. The molecule has 50 heavy (non-hydrogen) atoms. The van der Waals surface area contributed by atoms with E-state index in [4.69, 9.17) is 34.0 Å². The number of allylic oxidation sites excluding steroid dienone is 3. The van der Waals surface area contributed by atoms with Crippen molar-refractivity contribution in [1.82, 2.24) is 4.90 Å². The van der Waals surface area contributed by atoms with E-state index in [1.54, 1.807) is 6.92 Å². The van der Waals surface area contributed by atoms with Gasteiger partial charge in [0.05, 0.1) is 36.6 Å². The van der Waals surface area contributed by atoms with Crippen LogP contribution in [0.1, 0.15) is 46.5 Å². The summed E-state index contributed by atoms with van der Waals surface area (Å²) in [6, 6.07) is 0. The van der Waals surface area contributed by atoms with E-state index in [9.17, 15) is 27.6 Å². The molecule has 2 aliphatic carbocycles. The van der Waals surface area contributed by atoms with Crippen LogP contribution in [0.25, 0.3) is 10.4 Å². The molecule has 2 saturated heterocycles. The molecule has 0 aromatic heterocycles. The number of rotatable bonds is 8. The molecule has 2 spiro atoms. The van der Waals surface area contributed by atoms with Crippen LogP contribution >= 0.6 is 0 Å². The zero-order valence-electron chi connectivity index (χ0n) is 28.6. The van der Waals surface area contributed by atoms with Gasteiger partial charge in [0, 0.05) is 41.7 Å². The highest BCUT2D eigenvalue weighted by Gasteiger charge is 2.83. The Kier molecular flexibility index (Phi) is 11.1. The molecule has 5 rings (SSSR count). The summed E-state index contributed by atoms with van der Waals surface area (Å²) in [4.78, 5) is 55.9. The number of amides is 1. The minimum absolute atomic E-state index is 0.0955. The smallest absolute Gasteiger partial charge is 0.335 e. The Morgan fingerprint density at radius 2 is 1.86 bits per heavy atom. The lowest BCUT2D eigenvalue weighted by atomic mass is 9.51. The zero-order valence-corrected chi connectivity index (χ0v) is 29.5. The number of azide groups is 1. The largest absolute Gasteiger partial charge is 0.463 e. The van der Waals surface area contributed by atoms with Crippen molar-refractivity contribution in [3.63, 3.8) is 0 Å². The molecule has 3 heterocycles. The van der Waals surface area contributed by atoms with Gasteiger partial charge in [-0.25, -0.2) is 22.8 Å². The first-order chi connectivity index (χ1) is 23.7. The maximum absolute atomic E-state index is 14.1. The van der Waals surface area contributed by atoms with E-state index < -0.39 is 93.3 Å². The number of carbonyl (C=O) groups excluding carboxylic acids is 4. The number of sulfone groups is 1. The van der Waals surface area contributed by atoms with Crippen LogP contribution in [-0.4, -0.2) is 119 Å². The first-order valence-electron chi connectivity index (χ1n) is 16.6. The molecule has 5 aliphatic rings. The van der Waals surface area contributed by atoms with Crippen LogP contribution in [0, 0.1) is 16.7 Å². The van der Waals surface area contributed by atoms with E-state index >= 15 is 0 Å². The van der Waals surface area contributed by atoms with Crippen molar-refractivity contribution in [2.24, 2.45) is 21.9 Å². The molecule has 0 unspecified atom stereocenters. The summed E-state index contributed by atoms with van der Waals surface area (Å²) >= 11 is 0. The van der Waals surface area contributed by atoms with Gasteiger partial charge >= 0.3 is 17.9 Å². The fourth-order valence-corrected chi connectivity index (χ4v) is 8.33. The second kappa shape index (κ2) is 14.8. The molecule has 16 nitrogen and oxygen atoms in total. The second-order valence-corrected chi connectivity index (χ2v) is 16.2. The SMILES string of the molecule is CC1=C[C@H]2O[C@@H]3C[C@H]4OC(=O)/C=C\C=C\C(=O)OCC[C@@H](C)[C@H](OCN(CCS(C)(=O)=O)C(=O)CN=[N+]=[N-])C(=O)OC[C@@]2(CC1)[C@]4(C)[C@]31CO1. The van der Waals surface area contributed by atoms with E-state index in [-0.39, 0.29) is 32.3 Å². The normalized spacial score (nSPS) is 37.0. The van der Waals surface area contributed by atoms with Crippen LogP contribution in [0.15, 0.2) is 41.1 Å². The summed E-state index contributed by atoms with van der Waals surface area (Å²) in [5, 5.41) is 3.28. The third-order valence-electron chi connectivity index (χ3n) is 10.9. The zero-order chi connectivity index (χ0) is 36.3. The fraction of sp³-hybridized carbons (Fsp3) is 0.697. The summed E-state index contributed by atoms with van der Waals surface area (Å²) in [5.41, 5.74) is 7.40. The molecular weight excluding hydrogens is 676 g/mol. The average Bonchev–Trinajstić information content (AvgIpc) is 3.84. The summed E-state index contributed by atoms with van der Waals surface area (Å²) in [7, 11) is -3.49. The van der Waals surface area contributed by atoms with E-state index in [0.29, 0.717) is 25.9 Å². The van der Waals surface area contributed by atoms with Crippen molar-refractivity contribution >= 4 is 33.7 Å². The Balaban J connectivity index is 1.47. The quantitative estimate of drug-likeness (QED) is 0.0517. The van der Waals surface area contributed by atoms with Gasteiger partial charge in [0.15, 0.2) is 6.10 Å². The third-order valence-corrected chi connectivity index (χ3v) is 11.8. The summed E-state index contributed by atoms with van der Waals surface area (Å²) in [5.74, 6) is -3.75.